The smallest absolute Gasteiger partial charge is 0.386 e. The molecule has 2 amide bonds. The van der Waals surface area contributed by atoms with Gasteiger partial charge in [0.15, 0.2) is 22.8 Å². The number of imidazole rings is 1. The number of phosphoric ester groups is 3. The number of hydrogen-bond donors (Lipinski definition) is 9. The van der Waals surface area contributed by atoms with Crippen LogP contribution in [0, 0.1) is 5.41 Å². The zero-order chi connectivity index (χ0) is 52.7. The van der Waals surface area contributed by atoms with Gasteiger partial charge in [0.1, 0.15) is 42.4 Å². The van der Waals surface area contributed by atoms with Crippen molar-refractivity contribution in [2.45, 2.75) is 122 Å². The highest BCUT2D eigenvalue weighted by Crippen LogP contribution is 2.61. The van der Waals surface area contributed by atoms with Gasteiger partial charge in [0, 0.05) is 37.1 Å². The van der Waals surface area contributed by atoms with Crippen molar-refractivity contribution in [3.8, 4) is 0 Å². The molecule has 399 valence electrons. The number of allylic oxidation sites excluding steroid dienone is 6. The molecular weight excluding hydrogens is 1020 g/mol. The van der Waals surface area contributed by atoms with E-state index in [9.17, 15) is 63.1 Å². The highest BCUT2D eigenvalue weighted by Gasteiger charge is 2.50. The van der Waals surface area contributed by atoms with Crippen LogP contribution in [0.25, 0.3) is 11.2 Å². The molecule has 1 fully saturated rings. The number of unbranched alkanes of at least 4 members (excludes halogenated alkanes) is 4. The lowest BCUT2D eigenvalue weighted by molar-refractivity contribution is -0.323. The third kappa shape index (κ3) is 23.0. The number of anilines is 1. The second-order valence-electron chi connectivity index (χ2n) is 16.5. The summed E-state index contributed by atoms with van der Waals surface area (Å²) in [6.07, 6.45) is 15.2. The number of thioether (sulfide) groups is 1. The maximum Gasteiger partial charge on any atom is 0.481 e. The van der Waals surface area contributed by atoms with E-state index < -0.39 is 90.7 Å². The van der Waals surface area contributed by atoms with Crippen molar-refractivity contribution in [1.29, 1.82) is 0 Å². The molecular formula is C41H65N7O19P3S. The lowest BCUT2D eigenvalue weighted by Crippen LogP contribution is -2.46. The number of nitrogen functional groups attached to an aromatic ring is 1. The molecule has 1 radical (unpaired) electrons. The number of nitrogens with two attached hydrogens (primary N) is 1. The van der Waals surface area contributed by atoms with Crippen LogP contribution in [0.5, 0.6) is 0 Å². The van der Waals surface area contributed by atoms with Gasteiger partial charge in [-0.3, -0.25) is 32.5 Å². The number of fused-ring (bicyclic) bond motifs is 1. The van der Waals surface area contributed by atoms with E-state index in [2.05, 4.69) is 58.4 Å². The van der Waals surface area contributed by atoms with Gasteiger partial charge in [0.05, 0.1) is 19.5 Å². The summed E-state index contributed by atoms with van der Waals surface area (Å²) in [7, 11) is -16.5. The fraction of sp³-hybridized carbons (Fsp3) is 0.610. The van der Waals surface area contributed by atoms with E-state index in [1.165, 1.54) is 33.1 Å². The van der Waals surface area contributed by atoms with Crippen molar-refractivity contribution in [1.82, 2.24) is 30.2 Å². The van der Waals surface area contributed by atoms with Gasteiger partial charge in [-0.25, -0.2) is 28.6 Å². The first-order chi connectivity index (χ1) is 33.5. The summed E-state index contributed by atoms with van der Waals surface area (Å²) < 4.78 is 62.4. The molecule has 0 saturated carbocycles. The standard InChI is InChI=1S/C41H65N7O19P3S/c1-4-5-6-7-8-9-10-12-15-18-29(65-54)19-16-13-11-14-17-20-32(50)71-24-23-43-31(49)21-22-44-39(53)36(52)41(2,3)26-63-70(60,61)67-69(58,59)62-25-30-35(66-68(55,56)57)34(51)40(64-30)48-28-47-33-37(42)45-27-46-38(33)48/h8-9,11-13,15-16,19,27-30,34-36,40,51-52H,4-7,10,14,17-18,20-26H2,1-3H3,(H,43,49)(H,44,53)(H,58,59)(H,60,61)(H2,42,45,46)(H2,55,56,57)/b9-8+,13-11+,15-12+,19-16+. The van der Waals surface area contributed by atoms with Gasteiger partial charge in [-0.1, -0.05) is 94.0 Å². The van der Waals surface area contributed by atoms with Crippen molar-refractivity contribution in [2.75, 3.05) is 37.8 Å². The van der Waals surface area contributed by atoms with Crippen molar-refractivity contribution in [3.63, 3.8) is 0 Å². The van der Waals surface area contributed by atoms with Crippen LogP contribution in [0.15, 0.2) is 61.3 Å². The fourth-order valence-corrected chi connectivity index (χ4v) is 9.93. The number of ether oxygens (including phenoxy) is 1. The Hall–Kier alpha value is -3.56. The summed E-state index contributed by atoms with van der Waals surface area (Å²) >= 11 is 1.06. The first kappa shape index (κ1) is 61.7. The molecule has 1 saturated heterocycles. The average molecular weight is 1080 g/mol. The molecule has 1 aliphatic heterocycles. The SMILES string of the molecule is CCCCC/C=C/C/C=C/CC(/C=C/C=C/CCCC(=O)SCCNC(=O)CCNC(=O)C(O)C(C)(C)COP(=O)(O)OP(=O)(O)OCC1OC(n2cnc3c(N)ncnc32)C(O)C1OP(=O)(O)O)O[O]. The summed E-state index contributed by atoms with van der Waals surface area (Å²) in [5.74, 6) is -1.19. The highest BCUT2D eigenvalue weighted by atomic mass is 32.2. The summed E-state index contributed by atoms with van der Waals surface area (Å²) in [4.78, 5) is 92.7. The molecule has 0 aromatic carbocycles. The topological polar surface area (TPSA) is 393 Å². The van der Waals surface area contributed by atoms with Crippen molar-refractivity contribution in [2.24, 2.45) is 5.41 Å². The van der Waals surface area contributed by atoms with Crippen LogP contribution in [0.1, 0.15) is 91.2 Å². The van der Waals surface area contributed by atoms with Gasteiger partial charge in [0.2, 0.25) is 11.8 Å². The second-order valence-corrected chi connectivity index (χ2v) is 21.9. The molecule has 2 aromatic rings. The Labute approximate surface area is 414 Å². The van der Waals surface area contributed by atoms with Gasteiger partial charge in [-0.05, 0) is 43.8 Å². The van der Waals surface area contributed by atoms with Crippen LogP contribution >= 0.6 is 35.2 Å². The molecule has 8 unspecified atom stereocenters. The summed E-state index contributed by atoms with van der Waals surface area (Å²) in [5, 5.41) is 37.5. The van der Waals surface area contributed by atoms with Crippen LogP contribution in [-0.4, -0.2) is 129 Å². The Kier molecular flexibility index (Phi) is 26.6. The van der Waals surface area contributed by atoms with Gasteiger partial charge < -0.3 is 50.9 Å². The van der Waals surface area contributed by atoms with Gasteiger partial charge in [-0.15, -0.1) is 0 Å². The van der Waals surface area contributed by atoms with Gasteiger partial charge >= 0.3 is 23.5 Å². The second kappa shape index (κ2) is 30.6. The van der Waals surface area contributed by atoms with Crippen molar-refractivity contribution in [3.05, 3.63) is 61.3 Å². The summed E-state index contributed by atoms with van der Waals surface area (Å²) in [6, 6.07) is 0. The minimum Gasteiger partial charge on any atom is -0.386 e. The maximum absolute atomic E-state index is 12.7. The first-order valence-electron chi connectivity index (χ1n) is 22.5. The molecule has 0 aliphatic carbocycles. The lowest BCUT2D eigenvalue weighted by Gasteiger charge is -2.30. The number of rotatable bonds is 34. The van der Waals surface area contributed by atoms with E-state index in [1.54, 1.807) is 18.2 Å². The van der Waals surface area contributed by atoms with Crippen molar-refractivity contribution >= 4 is 69.1 Å². The molecule has 0 spiro atoms. The molecule has 2 aromatic heterocycles. The number of nitrogens with zero attached hydrogens (tertiary/aromatic N) is 4. The molecule has 10 N–H and O–H groups in total. The third-order valence-electron chi connectivity index (χ3n) is 10.2. The number of carbonyl (C=O) groups excluding carboxylic acids is 3. The molecule has 0 bridgehead atoms. The Morgan fingerprint density at radius 1 is 0.944 bits per heavy atom. The van der Waals surface area contributed by atoms with Gasteiger partial charge in [0.25, 0.3) is 0 Å². The third-order valence-corrected chi connectivity index (χ3v) is 14.2. The number of hydrogen-bond acceptors (Lipinski definition) is 19. The van der Waals surface area contributed by atoms with E-state index in [4.69, 9.17) is 19.5 Å². The molecule has 3 rings (SSSR count). The molecule has 26 nitrogen and oxygen atoms in total. The normalized spacial score (nSPS) is 20.5. The highest BCUT2D eigenvalue weighted by molar-refractivity contribution is 8.13. The van der Waals surface area contributed by atoms with E-state index in [0.29, 0.717) is 31.4 Å². The fourth-order valence-electron chi connectivity index (χ4n) is 6.38. The minimum absolute atomic E-state index is 0.0242. The number of nitrogens with one attached hydrogen (secondary N) is 2. The minimum atomic E-state index is -5.59. The molecule has 3 heterocycles. The van der Waals surface area contributed by atoms with E-state index in [1.807, 2.05) is 18.2 Å². The molecule has 30 heteroatoms. The number of aromatic nitrogens is 4. The summed E-state index contributed by atoms with van der Waals surface area (Å²) in [6.45, 7) is 2.57. The first-order valence-corrected chi connectivity index (χ1v) is 28.0. The molecule has 1 aliphatic rings. The van der Waals surface area contributed by atoms with Crippen LogP contribution in [0.3, 0.4) is 0 Å². The zero-order valence-corrected chi connectivity index (χ0v) is 43.0. The van der Waals surface area contributed by atoms with Crippen LogP contribution in [0.4, 0.5) is 5.82 Å². The predicted octanol–water partition coefficient (Wildman–Crippen LogP) is 4.15. The van der Waals surface area contributed by atoms with Gasteiger partial charge in [-0.2, -0.15) is 9.20 Å². The monoisotopic (exact) mass is 1080 g/mol. The van der Waals surface area contributed by atoms with Crippen molar-refractivity contribution < 1.29 is 90.6 Å². The maximum atomic E-state index is 12.7. The lowest BCUT2D eigenvalue weighted by atomic mass is 9.87. The molecule has 71 heavy (non-hydrogen) atoms. The zero-order valence-electron chi connectivity index (χ0n) is 39.5. The number of aliphatic hydroxyl groups is 2. The van der Waals surface area contributed by atoms with Crippen LogP contribution in [0.2, 0.25) is 0 Å². The van der Waals surface area contributed by atoms with E-state index >= 15 is 0 Å². The Morgan fingerprint density at radius 2 is 1.66 bits per heavy atom. The van der Waals surface area contributed by atoms with Crippen LogP contribution in [-0.2, 0) is 60.8 Å². The predicted molar refractivity (Wildman–Crippen MR) is 256 cm³/mol. The van der Waals surface area contributed by atoms with E-state index in [-0.39, 0.29) is 41.6 Å². The molecule has 8 atom stereocenters. The number of amides is 2. The number of aliphatic hydroxyl groups excluding tert-OH is 2. The summed E-state index contributed by atoms with van der Waals surface area (Å²) in [5.41, 5.74) is 4.24. The Morgan fingerprint density at radius 3 is 2.38 bits per heavy atom. The van der Waals surface area contributed by atoms with Crippen LogP contribution < -0.4 is 16.4 Å². The average Bonchev–Trinajstić information content (AvgIpc) is 3.86. The number of phosphoric acid groups is 3. The Balaban J connectivity index is 1.32. The van der Waals surface area contributed by atoms with E-state index in [0.717, 1.165) is 41.8 Å². The largest absolute Gasteiger partial charge is 0.481 e. The number of carbonyl (C=O) groups is 3. The quantitative estimate of drug-likeness (QED) is 0.0119. The Bertz CT molecular complexity index is 2280.